The van der Waals surface area contributed by atoms with Crippen molar-refractivity contribution in [3.05, 3.63) is 425 Å². The summed E-state index contributed by atoms with van der Waals surface area (Å²) in [6.45, 7) is 0. The molecule has 106 heavy (non-hydrogen) atoms. The number of benzene rings is 15. The zero-order valence-corrected chi connectivity index (χ0v) is 58.1. The van der Waals surface area contributed by atoms with Gasteiger partial charge in [0.15, 0.2) is 0 Å². The highest BCUT2D eigenvalue weighted by Crippen LogP contribution is 2.47. The highest BCUT2D eigenvalue weighted by Gasteiger charge is 2.24. The molecule has 0 atom stereocenters. The second kappa shape index (κ2) is 28.7. The molecule has 0 saturated heterocycles. The van der Waals surface area contributed by atoms with E-state index in [-0.39, 0.29) is 0 Å². The Balaban J connectivity index is 0.000000151. The van der Waals surface area contributed by atoms with E-state index >= 15 is 0 Å². The van der Waals surface area contributed by atoms with Crippen LogP contribution in [0.4, 0.5) is 34.1 Å². The summed E-state index contributed by atoms with van der Waals surface area (Å²) >= 11 is 0. The van der Waals surface area contributed by atoms with Crippen LogP contribution in [-0.4, -0.2) is 19.1 Å². The van der Waals surface area contributed by atoms with Crippen LogP contribution in [0.1, 0.15) is 0 Å². The average Bonchev–Trinajstić information content (AvgIpc) is 1.58. The molecule has 0 amide bonds. The number of pyridine rings is 2. The zero-order chi connectivity index (χ0) is 70.5. The van der Waals surface area contributed by atoms with Crippen LogP contribution in [0.3, 0.4) is 0 Å². The molecule has 0 radical (unpaired) electrons. The Kier molecular flexibility index (Phi) is 17.3. The van der Waals surface area contributed by atoms with Gasteiger partial charge in [-0.15, -0.1) is 0 Å². The van der Waals surface area contributed by atoms with Crippen molar-refractivity contribution in [3.63, 3.8) is 0 Å². The lowest BCUT2D eigenvalue weighted by Gasteiger charge is -2.27. The lowest BCUT2D eigenvalue weighted by molar-refractivity contribution is 1.18. The van der Waals surface area contributed by atoms with E-state index in [2.05, 4.69) is 429 Å². The number of fused-ring (bicyclic) bond motifs is 6. The minimum absolute atomic E-state index is 1.09. The number of rotatable bonds is 15. The third-order valence-corrected chi connectivity index (χ3v) is 20.3. The Labute approximate surface area is 617 Å². The maximum Gasteiger partial charge on any atom is 0.0562 e. The van der Waals surface area contributed by atoms with Gasteiger partial charge in [-0.2, -0.15) is 0 Å². The Bertz CT molecular complexity index is 6130. The van der Waals surface area contributed by atoms with Crippen molar-refractivity contribution in [1.29, 1.82) is 0 Å². The van der Waals surface area contributed by atoms with Crippen LogP contribution < -0.4 is 9.80 Å². The minimum atomic E-state index is 1.09. The van der Waals surface area contributed by atoms with E-state index in [1.807, 2.05) is 24.8 Å². The summed E-state index contributed by atoms with van der Waals surface area (Å²) in [6, 6.07) is 144. The third kappa shape index (κ3) is 12.5. The first-order chi connectivity index (χ1) is 52.6. The molecular formula is C100H70N6. The second-order valence-corrected chi connectivity index (χ2v) is 26.5. The zero-order valence-electron chi connectivity index (χ0n) is 58.1. The van der Waals surface area contributed by atoms with E-state index in [0.29, 0.717) is 0 Å². The number of anilines is 6. The van der Waals surface area contributed by atoms with Crippen LogP contribution in [0.2, 0.25) is 0 Å². The van der Waals surface area contributed by atoms with Gasteiger partial charge in [0.2, 0.25) is 0 Å². The Morgan fingerprint density at radius 2 is 0.387 bits per heavy atom. The molecule has 4 heterocycles. The van der Waals surface area contributed by atoms with Crippen molar-refractivity contribution in [2.24, 2.45) is 0 Å². The van der Waals surface area contributed by atoms with Gasteiger partial charge in [0.25, 0.3) is 0 Å². The molecule has 0 saturated carbocycles. The van der Waals surface area contributed by atoms with E-state index in [0.717, 1.165) is 67.7 Å². The van der Waals surface area contributed by atoms with Gasteiger partial charge in [0.1, 0.15) is 0 Å². The molecule has 0 unspecified atom stereocenters. The summed E-state index contributed by atoms with van der Waals surface area (Å²) in [5.41, 5.74) is 30.2. The molecule has 0 aliphatic carbocycles. The summed E-state index contributed by atoms with van der Waals surface area (Å²) in [5, 5.41) is 4.83. The normalized spacial score (nSPS) is 11.2. The smallest absolute Gasteiger partial charge is 0.0562 e. The van der Waals surface area contributed by atoms with Crippen LogP contribution >= 0.6 is 0 Å². The standard InChI is InChI=1S/C53H37N3.C47H33N3/c1-3-10-38(11-4-1)40-18-20-41(21-19-40)43-24-30-47(31-25-43)55(46-28-22-42(23-29-46)39-12-5-2-6-13-39)51-16-9-17-52-53(51)49-14-7-8-15-50(49)56(52)48-32-26-44(27-33-48)45-34-36-54-37-35-45;1-3-10-34(11-4-1)36-18-24-40(25-19-36)49(41-26-20-37(21-27-41)35-12-5-2-6-13-35)45-16-9-17-46-47(45)43-14-7-8-15-44(43)50(46)42-28-22-38(23-29-42)39-30-32-48-33-31-39/h1-37H;1-33H. The third-order valence-electron chi connectivity index (χ3n) is 20.3. The molecule has 0 aliphatic heterocycles. The molecule has 4 aromatic heterocycles. The first-order valence-corrected chi connectivity index (χ1v) is 36.0. The number of aromatic nitrogens is 4. The minimum Gasteiger partial charge on any atom is -0.310 e. The fourth-order valence-electron chi connectivity index (χ4n) is 15.1. The molecule has 15 aromatic carbocycles. The van der Waals surface area contributed by atoms with Gasteiger partial charge >= 0.3 is 0 Å². The quantitative estimate of drug-likeness (QED) is 0.103. The van der Waals surface area contributed by atoms with E-state index < -0.39 is 0 Å². The Morgan fingerprint density at radius 3 is 0.670 bits per heavy atom. The fraction of sp³-hybridized carbons (Fsp3) is 0. The average molecular weight is 1360 g/mol. The van der Waals surface area contributed by atoms with E-state index in [1.165, 1.54) is 99.3 Å². The Morgan fingerprint density at radius 1 is 0.170 bits per heavy atom. The van der Waals surface area contributed by atoms with Gasteiger partial charge < -0.3 is 18.9 Å². The summed E-state index contributed by atoms with van der Waals surface area (Å²) in [4.78, 5) is 13.2. The molecule has 0 N–H and O–H groups in total. The maximum absolute atomic E-state index is 4.20. The van der Waals surface area contributed by atoms with Crippen molar-refractivity contribution in [2.45, 2.75) is 0 Å². The summed E-state index contributed by atoms with van der Waals surface area (Å²) < 4.78 is 4.78. The molecule has 6 nitrogen and oxygen atoms in total. The van der Waals surface area contributed by atoms with Crippen LogP contribution in [-0.2, 0) is 0 Å². The molecule has 0 fully saturated rings. The first-order valence-electron chi connectivity index (χ1n) is 36.0. The van der Waals surface area contributed by atoms with Crippen molar-refractivity contribution in [2.75, 3.05) is 9.80 Å². The van der Waals surface area contributed by atoms with Crippen molar-refractivity contribution < 1.29 is 0 Å². The van der Waals surface area contributed by atoms with Gasteiger partial charge in [0.05, 0.1) is 33.4 Å². The topological polar surface area (TPSA) is 42.1 Å². The molecule has 500 valence electrons. The van der Waals surface area contributed by atoms with Crippen LogP contribution in [0.15, 0.2) is 425 Å². The van der Waals surface area contributed by atoms with Gasteiger partial charge in [-0.05, 0) is 211 Å². The Hall–Kier alpha value is -14.2. The fourth-order valence-corrected chi connectivity index (χ4v) is 15.1. The molecule has 6 heteroatoms. The lowest BCUT2D eigenvalue weighted by Crippen LogP contribution is -2.10. The highest BCUT2D eigenvalue weighted by molar-refractivity contribution is 6.18. The van der Waals surface area contributed by atoms with Gasteiger partial charge in [0, 0.05) is 80.5 Å². The molecular weight excluding hydrogens is 1290 g/mol. The molecule has 0 bridgehead atoms. The van der Waals surface area contributed by atoms with E-state index in [9.17, 15) is 0 Å². The summed E-state index contributed by atoms with van der Waals surface area (Å²) in [6.07, 6.45) is 7.37. The number of hydrogen-bond acceptors (Lipinski definition) is 4. The monoisotopic (exact) mass is 1350 g/mol. The molecule has 19 aromatic rings. The predicted octanol–water partition coefficient (Wildman–Crippen LogP) is 27.0. The summed E-state index contributed by atoms with van der Waals surface area (Å²) in [5.74, 6) is 0. The molecule has 0 aliphatic rings. The van der Waals surface area contributed by atoms with E-state index in [1.54, 1.807) is 0 Å². The van der Waals surface area contributed by atoms with Crippen molar-refractivity contribution in [1.82, 2.24) is 19.1 Å². The van der Waals surface area contributed by atoms with E-state index in [4.69, 9.17) is 0 Å². The number of para-hydroxylation sites is 2. The predicted molar refractivity (Wildman–Crippen MR) is 445 cm³/mol. The van der Waals surface area contributed by atoms with Gasteiger partial charge in [-0.1, -0.05) is 267 Å². The lowest BCUT2D eigenvalue weighted by atomic mass is 10.00. The van der Waals surface area contributed by atoms with Crippen molar-refractivity contribution in [3.8, 4) is 89.3 Å². The van der Waals surface area contributed by atoms with Crippen LogP contribution in [0.5, 0.6) is 0 Å². The largest absolute Gasteiger partial charge is 0.310 e. The van der Waals surface area contributed by atoms with Gasteiger partial charge in [-0.3, -0.25) is 9.97 Å². The second-order valence-electron chi connectivity index (χ2n) is 26.5. The molecule has 0 spiro atoms. The maximum atomic E-state index is 4.20. The highest BCUT2D eigenvalue weighted by atomic mass is 15.2. The first kappa shape index (κ1) is 63.9. The van der Waals surface area contributed by atoms with Crippen molar-refractivity contribution >= 4 is 77.7 Å². The number of hydrogen-bond donors (Lipinski definition) is 0. The molecule has 19 rings (SSSR count). The SMILES string of the molecule is c1ccc(-c2ccc(-c3ccc(N(c4ccc(-c5ccccc5)cc4)c4cccc5c4c4ccccc4n5-c4ccc(-c5ccncc5)cc4)cc3)cc2)cc1.c1ccc(-c2ccc(N(c3ccc(-c4ccccc4)cc3)c3cccc4c3c3ccccc3n4-c3ccc(-c4ccncc4)cc3)cc2)cc1. The van der Waals surface area contributed by atoms with Crippen LogP contribution in [0.25, 0.3) is 133 Å². The summed E-state index contributed by atoms with van der Waals surface area (Å²) in [7, 11) is 0. The van der Waals surface area contributed by atoms with Gasteiger partial charge in [-0.25, -0.2) is 0 Å². The van der Waals surface area contributed by atoms with Crippen LogP contribution in [0, 0.1) is 0 Å². The number of nitrogens with zero attached hydrogens (tertiary/aromatic N) is 6.